The number of rotatable bonds is 6. The van der Waals surface area contributed by atoms with E-state index >= 15 is 0 Å². The van der Waals surface area contributed by atoms with Gasteiger partial charge in [-0.25, -0.2) is 9.59 Å². The lowest BCUT2D eigenvalue weighted by Crippen LogP contribution is -2.09. The van der Waals surface area contributed by atoms with E-state index in [0.29, 0.717) is 10.6 Å². The van der Waals surface area contributed by atoms with Crippen LogP contribution in [0.2, 0.25) is 0 Å². The third-order valence-corrected chi connectivity index (χ3v) is 4.86. The maximum Gasteiger partial charge on any atom is 0.362 e. The summed E-state index contributed by atoms with van der Waals surface area (Å²) in [5.41, 5.74) is 1.11. The third kappa shape index (κ3) is 4.45. The molecular weight excluding hydrogens is 344 g/mol. The molecule has 0 saturated heterocycles. The Morgan fingerprint density at radius 2 is 1.84 bits per heavy atom. The Balaban J connectivity index is 2.41. The standard InChI is InChI=1S/C17H22N2O5S/c1-4-23-16(21)13-11-8-6-7-9-12(11)25-15(13)19-18-14(10(3)20)17(22)24-5-2/h20H,4-9H2,1-3H3. The quantitative estimate of drug-likeness (QED) is 0.351. The Morgan fingerprint density at radius 3 is 2.48 bits per heavy atom. The maximum atomic E-state index is 12.3. The fourth-order valence-electron chi connectivity index (χ4n) is 2.59. The smallest absolute Gasteiger partial charge is 0.362 e. The first-order chi connectivity index (χ1) is 12.0. The molecule has 2 rings (SSSR count). The van der Waals surface area contributed by atoms with Gasteiger partial charge in [-0.05, 0) is 52.0 Å². The van der Waals surface area contributed by atoms with Crippen LogP contribution in [-0.2, 0) is 27.1 Å². The molecule has 0 spiro atoms. The molecule has 136 valence electrons. The van der Waals surface area contributed by atoms with E-state index in [0.717, 1.165) is 36.1 Å². The van der Waals surface area contributed by atoms with Gasteiger partial charge in [0.25, 0.3) is 0 Å². The van der Waals surface area contributed by atoms with Crippen LogP contribution in [0.15, 0.2) is 21.7 Å². The lowest BCUT2D eigenvalue weighted by molar-refractivity contribution is -0.138. The fraction of sp³-hybridized carbons (Fsp3) is 0.529. The van der Waals surface area contributed by atoms with Gasteiger partial charge < -0.3 is 14.6 Å². The summed E-state index contributed by atoms with van der Waals surface area (Å²) < 4.78 is 10.00. The van der Waals surface area contributed by atoms with E-state index in [-0.39, 0.29) is 24.7 Å². The largest absolute Gasteiger partial charge is 0.510 e. The molecule has 0 bridgehead atoms. The van der Waals surface area contributed by atoms with E-state index in [1.54, 1.807) is 13.8 Å². The first-order valence-electron chi connectivity index (χ1n) is 8.29. The highest BCUT2D eigenvalue weighted by Gasteiger charge is 2.27. The van der Waals surface area contributed by atoms with Crippen molar-refractivity contribution in [2.75, 3.05) is 13.2 Å². The monoisotopic (exact) mass is 366 g/mol. The highest BCUT2D eigenvalue weighted by molar-refractivity contribution is 7.16. The second-order valence-electron chi connectivity index (χ2n) is 5.47. The molecule has 25 heavy (non-hydrogen) atoms. The molecule has 1 heterocycles. The number of hydrogen-bond donors (Lipinski definition) is 1. The summed E-state index contributed by atoms with van der Waals surface area (Å²) in [7, 11) is 0. The van der Waals surface area contributed by atoms with Crippen LogP contribution in [0.3, 0.4) is 0 Å². The predicted octanol–water partition coefficient (Wildman–Crippen LogP) is 4.24. The summed E-state index contributed by atoms with van der Waals surface area (Å²) in [6.45, 7) is 5.16. The van der Waals surface area contributed by atoms with Crippen LogP contribution in [-0.4, -0.2) is 30.3 Å². The highest BCUT2D eigenvalue weighted by atomic mass is 32.1. The van der Waals surface area contributed by atoms with Gasteiger partial charge in [0.1, 0.15) is 11.3 Å². The first-order valence-corrected chi connectivity index (χ1v) is 9.11. The lowest BCUT2D eigenvalue weighted by atomic mass is 9.95. The van der Waals surface area contributed by atoms with Crippen molar-refractivity contribution >= 4 is 28.3 Å². The normalized spacial score (nSPS) is 14.8. The average molecular weight is 366 g/mol. The second kappa shape index (κ2) is 8.75. The molecule has 0 aliphatic heterocycles. The van der Waals surface area contributed by atoms with E-state index in [1.165, 1.54) is 18.3 Å². The zero-order chi connectivity index (χ0) is 18.4. The number of esters is 2. The van der Waals surface area contributed by atoms with Crippen LogP contribution in [0.25, 0.3) is 0 Å². The zero-order valence-corrected chi connectivity index (χ0v) is 15.4. The number of carbonyl (C=O) groups is 2. The van der Waals surface area contributed by atoms with Gasteiger partial charge in [-0.3, -0.25) is 0 Å². The molecule has 7 nitrogen and oxygen atoms in total. The molecule has 1 N–H and O–H groups in total. The number of allylic oxidation sites excluding steroid dienone is 1. The van der Waals surface area contributed by atoms with E-state index in [4.69, 9.17) is 9.47 Å². The zero-order valence-electron chi connectivity index (χ0n) is 14.6. The maximum absolute atomic E-state index is 12.3. The number of aryl methyl sites for hydroxylation is 1. The molecule has 8 heteroatoms. The number of azo groups is 1. The second-order valence-corrected chi connectivity index (χ2v) is 6.55. The molecule has 0 amide bonds. The number of carbonyl (C=O) groups excluding carboxylic acids is 2. The van der Waals surface area contributed by atoms with Crippen LogP contribution in [0.5, 0.6) is 0 Å². The molecule has 0 atom stereocenters. The van der Waals surface area contributed by atoms with Gasteiger partial charge in [0.05, 0.1) is 13.2 Å². The number of ether oxygens (including phenoxy) is 2. The Bertz CT molecular complexity index is 717. The van der Waals surface area contributed by atoms with Crippen molar-refractivity contribution in [1.29, 1.82) is 0 Å². The van der Waals surface area contributed by atoms with Crippen molar-refractivity contribution in [3.8, 4) is 0 Å². The van der Waals surface area contributed by atoms with Gasteiger partial charge >= 0.3 is 11.9 Å². The van der Waals surface area contributed by atoms with Crippen LogP contribution < -0.4 is 0 Å². The van der Waals surface area contributed by atoms with E-state index in [2.05, 4.69) is 10.2 Å². The average Bonchev–Trinajstić information content (AvgIpc) is 2.93. The Hall–Kier alpha value is -2.22. The molecule has 1 aromatic heterocycles. The lowest BCUT2D eigenvalue weighted by Gasteiger charge is -2.11. The van der Waals surface area contributed by atoms with Crippen LogP contribution >= 0.6 is 11.3 Å². The van der Waals surface area contributed by atoms with E-state index in [9.17, 15) is 14.7 Å². The fourth-order valence-corrected chi connectivity index (χ4v) is 3.79. The van der Waals surface area contributed by atoms with Crippen LogP contribution in [0.4, 0.5) is 5.00 Å². The third-order valence-electron chi connectivity index (χ3n) is 3.68. The van der Waals surface area contributed by atoms with Crippen molar-refractivity contribution < 1.29 is 24.2 Å². The predicted molar refractivity (Wildman–Crippen MR) is 93.4 cm³/mol. The van der Waals surface area contributed by atoms with Gasteiger partial charge in [0.15, 0.2) is 5.00 Å². The molecule has 0 unspecified atom stereocenters. The number of hydrogen-bond acceptors (Lipinski definition) is 8. The van der Waals surface area contributed by atoms with Crippen LogP contribution in [0, 0.1) is 0 Å². The Kier molecular flexibility index (Phi) is 6.69. The van der Waals surface area contributed by atoms with Crippen molar-refractivity contribution in [1.82, 2.24) is 0 Å². The Labute approximate surface area is 150 Å². The summed E-state index contributed by atoms with van der Waals surface area (Å²) >= 11 is 1.38. The van der Waals surface area contributed by atoms with Crippen molar-refractivity contribution in [3.63, 3.8) is 0 Å². The topological polar surface area (TPSA) is 97.6 Å². The van der Waals surface area contributed by atoms with Crippen LogP contribution in [0.1, 0.15) is 54.4 Å². The number of fused-ring (bicyclic) bond motifs is 1. The summed E-state index contributed by atoms with van der Waals surface area (Å²) in [6.07, 6.45) is 3.77. The van der Waals surface area contributed by atoms with Crippen molar-refractivity contribution in [3.05, 3.63) is 27.5 Å². The first kappa shape index (κ1) is 19.1. The molecule has 1 aromatic rings. The molecule has 0 saturated carbocycles. The molecule has 0 fully saturated rings. The summed E-state index contributed by atoms with van der Waals surface area (Å²) in [4.78, 5) is 25.3. The molecule has 1 aliphatic rings. The van der Waals surface area contributed by atoms with E-state index in [1.807, 2.05) is 0 Å². The van der Waals surface area contributed by atoms with Gasteiger partial charge in [-0.1, -0.05) is 0 Å². The summed E-state index contributed by atoms with van der Waals surface area (Å²) in [5.74, 6) is -1.48. The molecule has 0 aromatic carbocycles. The highest BCUT2D eigenvalue weighted by Crippen LogP contribution is 2.40. The van der Waals surface area contributed by atoms with Gasteiger partial charge in [-0.2, -0.15) is 0 Å². The minimum absolute atomic E-state index is 0.159. The van der Waals surface area contributed by atoms with Gasteiger partial charge in [-0.15, -0.1) is 21.6 Å². The number of aliphatic hydroxyl groups is 1. The number of aliphatic hydroxyl groups excluding tert-OH is 1. The number of nitrogens with zero attached hydrogens (tertiary/aromatic N) is 2. The minimum atomic E-state index is -0.759. The molecule has 1 aliphatic carbocycles. The SMILES string of the molecule is CCOC(=O)C(N=Nc1sc2c(c1C(=O)OCC)CCCC2)=C(C)O. The molecular formula is C17H22N2O5S. The number of thiophene rings is 1. The Morgan fingerprint density at radius 1 is 1.16 bits per heavy atom. The van der Waals surface area contributed by atoms with Crippen molar-refractivity contribution in [2.24, 2.45) is 10.2 Å². The summed E-state index contributed by atoms with van der Waals surface area (Å²) in [5, 5.41) is 18.0. The van der Waals surface area contributed by atoms with Crippen molar-refractivity contribution in [2.45, 2.75) is 46.5 Å². The van der Waals surface area contributed by atoms with Gasteiger partial charge in [0, 0.05) is 4.88 Å². The molecule has 0 radical (unpaired) electrons. The summed E-state index contributed by atoms with van der Waals surface area (Å²) in [6, 6.07) is 0. The van der Waals surface area contributed by atoms with Gasteiger partial charge in [0.2, 0.25) is 5.70 Å². The van der Waals surface area contributed by atoms with E-state index < -0.39 is 11.9 Å². The minimum Gasteiger partial charge on any atom is -0.510 e.